The van der Waals surface area contributed by atoms with Crippen LogP contribution in [0.15, 0.2) is 0 Å². The molecule has 5 heteroatoms. The third-order valence-corrected chi connectivity index (χ3v) is 1.77. The average molecular weight is 158 g/mol. The molecule has 56 valence electrons. The highest BCUT2D eigenvalue weighted by atomic mass is 32.1. The van der Waals surface area contributed by atoms with Gasteiger partial charge in [0.1, 0.15) is 0 Å². The Morgan fingerprint density at radius 1 is 1.60 bits per heavy atom. The fourth-order valence-corrected chi connectivity index (χ4v) is 1.29. The second-order valence-electron chi connectivity index (χ2n) is 2.32. The second kappa shape index (κ2) is 2.94. The number of hydrogen-bond donors (Lipinski definition) is 1. The predicted molar refractivity (Wildman–Crippen MR) is 41.7 cm³/mol. The van der Waals surface area contributed by atoms with Gasteiger partial charge in [0, 0.05) is 6.54 Å². The third-order valence-electron chi connectivity index (χ3n) is 1.05. The zero-order valence-corrected chi connectivity index (χ0v) is 6.85. The van der Waals surface area contributed by atoms with Gasteiger partial charge in [-0.3, -0.25) is 0 Å². The normalized spacial score (nSPS) is 10.7. The Morgan fingerprint density at radius 2 is 2.30 bits per heavy atom. The Balaban J connectivity index is 2.65. The zero-order valence-electron chi connectivity index (χ0n) is 6.03. The lowest BCUT2D eigenvalue weighted by Crippen LogP contribution is -2.10. The molecule has 1 aromatic heterocycles. The topological polar surface area (TPSA) is 55.0 Å². The molecule has 0 saturated carbocycles. The van der Waals surface area contributed by atoms with Gasteiger partial charge in [-0.2, -0.15) is 0 Å². The van der Waals surface area contributed by atoms with Gasteiger partial charge in [0.2, 0.25) is 0 Å². The van der Waals surface area contributed by atoms with Crippen molar-refractivity contribution in [1.29, 1.82) is 0 Å². The Hall–Kier alpha value is -0.680. The molecule has 0 aliphatic rings. The van der Waals surface area contributed by atoms with Crippen LogP contribution >= 0.6 is 11.5 Å². The Morgan fingerprint density at radius 3 is 2.70 bits per heavy atom. The van der Waals surface area contributed by atoms with E-state index < -0.39 is 0 Å². The van der Waals surface area contributed by atoms with E-state index in [0.29, 0.717) is 5.82 Å². The molecule has 4 nitrogen and oxygen atoms in total. The molecule has 0 radical (unpaired) electrons. The lowest BCUT2D eigenvalue weighted by molar-refractivity contribution is 0.407. The monoisotopic (exact) mass is 158 g/mol. The highest BCUT2D eigenvalue weighted by Crippen LogP contribution is 2.12. The summed E-state index contributed by atoms with van der Waals surface area (Å²) in [5.41, 5.74) is 5.50. The van der Waals surface area contributed by atoms with E-state index in [1.165, 1.54) is 11.5 Å². The van der Waals surface area contributed by atoms with Crippen molar-refractivity contribution in [2.24, 2.45) is 0 Å². The minimum Gasteiger partial charge on any atom is -0.381 e. The van der Waals surface area contributed by atoms with E-state index in [0.717, 1.165) is 11.4 Å². The lowest BCUT2D eigenvalue weighted by Gasteiger charge is -2.05. The van der Waals surface area contributed by atoms with Crippen LogP contribution in [-0.4, -0.2) is 28.6 Å². The van der Waals surface area contributed by atoms with Crippen LogP contribution < -0.4 is 5.73 Å². The Kier molecular flexibility index (Phi) is 2.18. The summed E-state index contributed by atoms with van der Waals surface area (Å²) in [5.74, 6) is 0.554. The van der Waals surface area contributed by atoms with Crippen molar-refractivity contribution in [1.82, 2.24) is 14.5 Å². The highest BCUT2D eigenvalue weighted by molar-refractivity contribution is 7.06. The molecule has 0 bridgehead atoms. The smallest absolute Gasteiger partial charge is 0.163 e. The van der Waals surface area contributed by atoms with E-state index in [1.54, 1.807) is 0 Å². The van der Waals surface area contributed by atoms with E-state index in [-0.39, 0.29) is 0 Å². The molecule has 0 fully saturated rings. The quantitative estimate of drug-likeness (QED) is 0.667. The van der Waals surface area contributed by atoms with Gasteiger partial charge in [-0.15, -0.1) is 5.10 Å². The van der Waals surface area contributed by atoms with E-state index in [1.807, 2.05) is 19.0 Å². The van der Waals surface area contributed by atoms with Crippen molar-refractivity contribution in [3.63, 3.8) is 0 Å². The second-order valence-corrected chi connectivity index (χ2v) is 3.16. The minimum absolute atomic E-state index is 0.554. The summed E-state index contributed by atoms with van der Waals surface area (Å²) in [7, 11) is 3.97. The maximum atomic E-state index is 5.50. The molecule has 1 rings (SSSR count). The summed E-state index contributed by atoms with van der Waals surface area (Å²) < 4.78 is 3.71. The largest absolute Gasteiger partial charge is 0.381 e. The van der Waals surface area contributed by atoms with Crippen LogP contribution in [-0.2, 0) is 6.54 Å². The molecule has 2 N–H and O–H groups in total. The first kappa shape index (κ1) is 7.43. The first-order valence-corrected chi connectivity index (χ1v) is 3.69. The molecule has 0 saturated heterocycles. The van der Waals surface area contributed by atoms with Crippen molar-refractivity contribution in [3.05, 3.63) is 4.88 Å². The number of aromatic nitrogens is 2. The first-order valence-electron chi connectivity index (χ1n) is 2.91. The van der Waals surface area contributed by atoms with E-state index in [2.05, 4.69) is 9.59 Å². The van der Waals surface area contributed by atoms with Gasteiger partial charge in [0.15, 0.2) is 5.82 Å². The van der Waals surface area contributed by atoms with Crippen molar-refractivity contribution < 1.29 is 0 Å². The molecule has 10 heavy (non-hydrogen) atoms. The van der Waals surface area contributed by atoms with Gasteiger partial charge in [0.25, 0.3) is 0 Å². The molecule has 0 aliphatic carbocycles. The van der Waals surface area contributed by atoms with Gasteiger partial charge in [-0.1, -0.05) is 4.49 Å². The molecule has 0 unspecified atom stereocenters. The molecule has 0 aliphatic heterocycles. The van der Waals surface area contributed by atoms with Gasteiger partial charge in [-0.05, 0) is 25.6 Å². The van der Waals surface area contributed by atoms with E-state index in [4.69, 9.17) is 5.73 Å². The van der Waals surface area contributed by atoms with Crippen LogP contribution in [0.3, 0.4) is 0 Å². The zero-order chi connectivity index (χ0) is 7.56. The number of anilines is 1. The number of nitrogens with two attached hydrogens (primary N) is 1. The van der Waals surface area contributed by atoms with Gasteiger partial charge in [0.05, 0.1) is 4.88 Å². The Bertz CT molecular complexity index is 207. The van der Waals surface area contributed by atoms with Gasteiger partial charge >= 0.3 is 0 Å². The summed E-state index contributed by atoms with van der Waals surface area (Å²) in [6.07, 6.45) is 0. The third kappa shape index (κ3) is 1.65. The molecular weight excluding hydrogens is 148 g/mol. The van der Waals surface area contributed by atoms with Crippen LogP contribution in [0.25, 0.3) is 0 Å². The molecule has 0 spiro atoms. The van der Waals surface area contributed by atoms with Crippen molar-refractivity contribution in [2.75, 3.05) is 19.8 Å². The molecule has 0 atom stereocenters. The number of hydrogen-bond acceptors (Lipinski definition) is 5. The van der Waals surface area contributed by atoms with Crippen molar-refractivity contribution in [3.8, 4) is 0 Å². The van der Waals surface area contributed by atoms with Crippen LogP contribution in [0.1, 0.15) is 4.88 Å². The number of nitrogen functional groups attached to an aromatic ring is 1. The lowest BCUT2D eigenvalue weighted by atomic mass is 10.5. The predicted octanol–water partition coefficient (Wildman–Crippen LogP) is 0.182. The van der Waals surface area contributed by atoms with E-state index in [9.17, 15) is 0 Å². The molecule has 0 amide bonds. The number of rotatable bonds is 2. The van der Waals surface area contributed by atoms with Crippen molar-refractivity contribution >= 4 is 17.4 Å². The van der Waals surface area contributed by atoms with Gasteiger partial charge < -0.3 is 10.6 Å². The maximum absolute atomic E-state index is 5.50. The van der Waals surface area contributed by atoms with Crippen LogP contribution in [0.5, 0.6) is 0 Å². The van der Waals surface area contributed by atoms with Crippen LogP contribution in [0, 0.1) is 0 Å². The molecule has 1 aromatic rings. The summed E-state index contributed by atoms with van der Waals surface area (Å²) >= 11 is 1.35. The van der Waals surface area contributed by atoms with Crippen molar-refractivity contribution in [2.45, 2.75) is 6.54 Å². The summed E-state index contributed by atoms with van der Waals surface area (Å²) in [6, 6.07) is 0. The van der Waals surface area contributed by atoms with E-state index >= 15 is 0 Å². The SMILES string of the molecule is CN(C)Cc1snnc1N. The first-order chi connectivity index (χ1) is 4.70. The molecule has 1 heterocycles. The fourth-order valence-electron chi connectivity index (χ4n) is 0.613. The molecular formula is C5H10N4S. The fraction of sp³-hybridized carbons (Fsp3) is 0.600. The Labute approximate surface area is 63.8 Å². The summed E-state index contributed by atoms with van der Waals surface area (Å²) in [4.78, 5) is 3.07. The number of nitrogens with zero attached hydrogens (tertiary/aromatic N) is 3. The molecule has 0 aromatic carbocycles. The summed E-state index contributed by atoms with van der Waals surface area (Å²) in [6.45, 7) is 0.823. The van der Waals surface area contributed by atoms with Crippen LogP contribution in [0.4, 0.5) is 5.82 Å². The van der Waals surface area contributed by atoms with Crippen LogP contribution in [0.2, 0.25) is 0 Å². The highest BCUT2D eigenvalue weighted by Gasteiger charge is 2.03. The maximum Gasteiger partial charge on any atom is 0.163 e. The standard InChI is InChI=1S/C5H10N4S/c1-9(2)3-4-5(6)7-8-10-4/h3,6H2,1-2H3. The van der Waals surface area contributed by atoms with Gasteiger partial charge in [-0.25, -0.2) is 0 Å². The average Bonchev–Trinajstić information content (AvgIpc) is 2.15. The summed E-state index contributed by atoms with van der Waals surface area (Å²) in [5, 5.41) is 3.69. The minimum atomic E-state index is 0.554.